The molecule has 3 aromatic carbocycles. The Labute approximate surface area is 178 Å². The fourth-order valence-electron chi connectivity index (χ4n) is 2.48. The second-order valence-electron chi connectivity index (χ2n) is 6.31. The fraction of sp³-hybridized carbons (Fsp3) is 0.0952. The third kappa shape index (κ3) is 5.49. The number of halogens is 2. The third-order valence-corrected chi connectivity index (χ3v) is 5.76. The molecule has 0 bridgehead atoms. The van der Waals surface area contributed by atoms with Gasteiger partial charge in [0.05, 0.1) is 15.6 Å². The van der Waals surface area contributed by atoms with Gasteiger partial charge < -0.3 is 10.1 Å². The molecule has 0 fully saturated rings. The van der Waals surface area contributed by atoms with Crippen LogP contribution in [0.15, 0.2) is 77.7 Å². The van der Waals surface area contributed by atoms with Gasteiger partial charge in [-0.2, -0.15) is 0 Å². The van der Waals surface area contributed by atoms with Gasteiger partial charge >= 0.3 is 0 Å². The van der Waals surface area contributed by atoms with Crippen LogP contribution in [0.5, 0.6) is 5.75 Å². The molecule has 0 saturated heterocycles. The first kappa shape index (κ1) is 21.6. The molecule has 0 radical (unpaired) electrons. The average molecular weight is 449 g/mol. The molecule has 156 valence electrons. The van der Waals surface area contributed by atoms with Crippen LogP contribution >= 0.6 is 11.6 Å². The average Bonchev–Trinajstić information content (AvgIpc) is 2.71. The number of hydrogen-bond acceptors (Lipinski definition) is 4. The van der Waals surface area contributed by atoms with Gasteiger partial charge in [0, 0.05) is 5.69 Å². The lowest BCUT2D eigenvalue weighted by Gasteiger charge is -2.15. The van der Waals surface area contributed by atoms with Crippen LogP contribution in [0.2, 0.25) is 5.02 Å². The second kappa shape index (κ2) is 9.15. The van der Waals surface area contributed by atoms with E-state index in [1.807, 2.05) is 0 Å². The van der Waals surface area contributed by atoms with E-state index in [9.17, 15) is 17.6 Å². The summed E-state index contributed by atoms with van der Waals surface area (Å²) in [4.78, 5) is 12.3. The molecule has 3 rings (SSSR count). The summed E-state index contributed by atoms with van der Waals surface area (Å²) in [5.41, 5.74) is 0.662. The lowest BCUT2D eigenvalue weighted by atomic mass is 10.3. The maximum absolute atomic E-state index is 12.9. The van der Waals surface area contributed by atoms with Crippen LogP contribution in [0.1, 0.15) is 6.92 Å². The number of anilines is 2. The highest BCUT2D eigenvalue weighted by molar-refractivity contribution is 7.92. The third-order valence-electron chi connectivity index (χ3n) is 4.05. The van der Waals surface area contributed by atoms with Gasteiger partial charge in [-0.3, -0.25) is 9.52 Å². The van der Waals surface area contributed by atoms with E-state index in [-0.39, 0.29) is 15.6 Å². The van der Waals surface area contributed by atoms with Crippen molar-refractivity contribution in [1.29, 1.82) is 0 Å². The van der Waals surface area contributed by atoms with Crippen LogP contribution in [0.4, 0.5) is 15.8 Å². The molecule has 0 heterocycles. The summed E-state index contributed by atoms with van der Waals surface area (Å²) in [5, 5.41) is 2.91. The lowest BCUT2D eigenvalue weighted by Crippen LogP contribution is -2.30. The van der Waals surface area contributed by atoms with Gasteiger partial charge in [-0.25, -0.2) is 12.8 Å². The van der Waals surface area contributed by atoms with E-state index in [0.29, 0.717) is 11.4 Å². The SMILES string of the molecule is CC(Oc1ccc(F)cc1)C(=O)Nc1ccc(S(=O)(=O)Nc2ccccc2Cl)cc1. The molecular formula is C21H18ClFN2O4S. The molecule has 3 aromatic rings. The summed E-state index contributed by atoms with van der Waals surface area (Å²) in [6.45, 7) is 1.55. The topological polar surface area (TPSA) is 84.5 Å². The second-order valence-corrected chi connectivity index (χ2v) is 8.40. The maximum atomic E-state index is 12.9. The summed E-state index contributed by atoms with van der Waals surface area (Å²) >= 11 is 5.99. The molecule has 0 aromatic heterocycles. The standard InChI is InChI=1S/C21H18ClFN2O4S/c1-14(29-17-10-6-15(23)7-11-17)21(26)24-16-8-12-18(13-9-16)30(27,28)25-20-5-3-2-4-19(20)22/h2-14,25H,1H3,(H,24,26). The zero-order valence-electron chi connectivity index (χ0n) is 15.8. The van der Waals surface area contributed by atoms with Crippen LogP contribution in [0, 0.1) is 5.82 Å². The fourth-order valence-corrected chi connectivity index (χ4v) is 3.80. The molecule has 0 aliphatic rings. The minimum Gasteiger partial charge on any atom is -0.481 e. The van der Waals surface area contributed by atoms with Crippen LogP contribution in [0.3, 0.4) is 0 Å². The van der Waals surface area contributed by atoms with Crippen molar-refractivity contribution in [2.24, 2.45) is 0 Å². The van der Waals surface area contributed by atoms with Crippen molar-refractivity contribution in [1.82, 2.24) is 0 Å². The Morgan fingerprint density at radius 3 is 2.27 bits per heavy atom. The Hall–Kier alpha value is -3.10. The highest BCUT2D eigenvalue weighted by atomic mass is 35.5. The first-order valence-electron chi connectivity index (χ1n) is 8.85. The monoisotopic (exact) mass is 448 g/mol. The number of sulfonamides is 1. The van der Waals surface area contributed by atoms with Gasteiger partial charge in [0.2, 0.25) is 0 Å². The van der Waals surface area contributed by atoms with Crippen LogP contribution < -0.4 is 14.8 Å². The molecule has 2 N–H and O–H groups in total. The Balaban J connectivity index is 1.64. The molecule has 0 saturated carbocycles. The van der Waals surface area contributed by atoms with E-state index in [1.165, 1.54) is 48.5 Å². The van der Waals surface area contributed by atoms with Gasteiger partial charge in [0.15, 0.2) is 6.10 Å². The number of nitrogens with one attached hydrogen (secondary N) is 2. The Bertz CT molecular complexity index is 1140. The van der Waals surface area contributed by atoms with Crippen molar-refractivity contribution in [2.75, 3.05) is 10.0 Å². The van der Waals surface area contributed by atoms with Crippen LogP contribution in [-0.4, -0.2) is 20.4 Å². The van der Waals surface area contributed by atoms with Gasteiger partial charge in [-0.05, 0) is 67.6 Å². The molecule has 30 heavy (non-hydrogen) atoms. The zero-order chi connectivity index (χ0) is 21.7. The Morgan fingerprint density at radius 1 is 1.00 bits per heavy atom. The molecule has 1 atom stereocenters. The predicted molar refractivity (Wildman–Crippen MR) is 114 cm³/mol. The van der Waals surface area contributed by atoms with E-state index >= 15 is 0 Å². The van der Waals surface area contributed by atoms with Crippen molar-refractivity contribution in [3.8, 4) is 5.75 Å². The summed E-state index contributed by atoms with van der Waals surface area (Å²) in [6, 6.07) is 17.4. The van der Waals surface area contributed by atoms with Gasteiger partial charge in [0.1, 0.15) is 11.6 Å². The van der Waals surface area contributed by atoms with Crippen molar-refractivity contribution < 1.29 is 22.3 Å². The molecule has 9 heteroatoms. The van der Waals surface area contributed by atoms with Gasteiger partial charge in [-0.1, -0.05) is 23.7 Å². The summed E-state index contributed by atoms with van der Waals surface area (Å²) in [5.74, 6) is -0.492. The van der Waals surface area contributed by atoms with Crippen LogP contribution in [0.25, 0.3) is 0 Å². The highest BCUT2D eigenvalue weighted by Gasteiger charge is 2.18. The molecule has 0 spiro atoms. The number of carbonyl (C=O) groups is 1. The number of amides is 1. The molecular weight excluding hydrogens is 431 g/mol. The number of benzene rings is 3. The maximum Gasteiger partial charge on any atom is 0.265 e. The van der Waals surface area contributed by atoms with Crippen molar-refractivity contribution in [2.45, 2.75) is 17.9 Å². The minimum atomic E-state index is -3.84. The lowest BCUT2D eigenvalue weighted by molar-refractivity contribution is -0.122. The number of para-hydroxylation sites is 1. The smallest absolute Gasteiger partial charge is 0.265 e. The van der Waals surface area contributed by atoms with E-state index in [0.717, 1.165) is 0 Å². The molecule has 1 unspecified atom stereocenters. The number of rotatable bonds is 7. The summed E-state index contributed by atoms with van der Waals surface area (Å²) in [7, 11) is -3.84. The zero-order valence-corrected chi connectivity index (χ0v) is 17.4. The normalized spacial score (nSPS) is 12.1. The summed E-state index contributed by atoms with van der Waals surface area (Å²) < 4.78 is 45.9. The van der Waals surface area contributed by atoms with Gasteiger partial charge in [0.25, 0.3) is 15.9 Å². The van der Waals surface area contributed by atoms with Gasteiger partial charge in [-0.15, -0.1) is 0 Å². The number of hydrogen-bond donors (Lipinski definition) is 2. The van der Waals surface area contributed by atoms with E-state index in [1.54, 1.807) is 31.2 Å². The number of carbonyl (C=O) groups excluding carboxylic acids is 1. The molecule has 0 aliphatic carbocycles. The van der Waals surface area contributed by atoms with E-state index < -0.39 is 27.9 Å². The molecule has 1 amide bonds. The van der Waals surface area contributed by atoms with Crippen molar-refractivity contribution >= 4 is 38.9 Å². The quantitative estimate of drug-likeness (QED) is 0.549. The van der Waals surface area contributed by atoms with Crippen LogP contribution in [-0.2, 0) is 14.8 Å². The first-order valence-corrected chi connectivity index (χ1v) is 10.7. The van der Waals surface area contributed by atoms with E-state index in [2.05, 4.69) is 10.0 Å². The Morgan fingerprint density at radius 2 is 1.63 bits per heavy atom. The molecule has 6 nitrogen and oxygen atoms in total. The number of ether oxygens (including phenoxy) is 1. The molecule has 0 aliphatic heterocycles. The summed E-state index contributed by atoms with van der Waals surface area (Å²) in [6.07, 6.45) is -0.847. The Kier molecular flexibility index (Phi) is 6.59. The van der Waals surface area contributed by atoms with Crippen molar-refractivity contribution in [3.63, 3.8) is 0 Å². The van der Waals surface area contributed by atoms with E-state index in [4.69, 9.17) is 16.3 Å². The predicted octanol–water partition coefficient (Wildman–Crippen LogP) is 4.69. The first-order chi connectivity index (χ1) is 14.2. The highest BCUT2D eigenvalue weighted by Crippen LogP contribution is 2.24. The van der Waals surface area contributed by atoms with Crippen molar-refractivity contribution in [3.05, 3.63) is 83.6 Å². The largest absolute Gasteiger partial charge is 0.481 e. The minimum absolute atomic E-state index is 0.0102.